The van der Waals surface area contributed by atoms with E-state index in [4.69, 9.17) is 16.0 Å². The molecule has 0 fully saturated rings. The summed E-state index contributed by atoms with van der Waals surface area (Å²) in [5.41, 5.74) is 2.56. The molecule has 8 heteroatoms. The van der Waals surface area contributed by atoms with Crippen LogP contribution in [0.15, 0.2) is 95.0 Å². The van der Waals surface area contributed by atoms with E-state index in [0.29, 0.717) is 22.6 Å². The molecular weight excluding hydrogens is 467 g/mol. The lowest BCUT2D eigenvalue weighted by molar-refractivity contribution is -0.112. The average Bonchev–Trinajstić information content (AvgIpc) is 3.49. The number of aromatic nitrogens is 2. The molecule has 170 valence electrons. The van der Waals surface area contributed by atoms with E-state index in [0.717, 1.165) is 17.1 Å². The largest absolute Gasteiger partial charge is 0.454 e. The van der Waals surface area contributed by atoms with Crippen LogP contribution in [-0.4, -0.2) is 15.7 Å². The summed E-state index contributed by atoms with van der Waals surface area (Å²) in [4.78, 5) is 12.8. The van der Waals surface area contributed by atoms with Gasteiger partial charge in [-0.1, -0.05) is 48.0 Å². The number of amides is 1. The molecule has 0 saturated heterocycles. The minimum atomic E-state index is -0.668. The summed E-state index contributed by atoms with van der Waals surface area (Å²) in [5, 5.41) is 17.7. The quantitative estimate of drug-likeness (QED) is 0.225. The number of benzene rings is 3. The van der Waals surface area contributed by atoms with Crippen LogP contribution in [-0.2, 0) is 4.79 Å². The third-order valence-electron chi connectivity index (χ3n) is 5.26. The molecule has 3 aromatic carbocycles. The van der Waals surface area contributed by atoms with Gasteiger partial charge in [0.05, 0.1) is 10.7 Å². The first-order valence-corrected chi connectivity index (χ1v) is 10.9. The van der Waals surface area contributed by atoms with Crippen LogP contribution in [0.5, 0.6) is 0 Å². The number of nitrogens with one attached hydrogen (secondary N) is 1. The van der Waals surface area contributed by atoms with Gasteiger partial charge < -0.3 is 9.73 Å². The molecule has 6 nitrogen and oxygen atoms in total. The zero-order valence-corrected chi connectivity index (χ0v) is 18.8. The number of carbonyl (C=O) groups excluding carboxylic acids is 1. The van der Waals surface area contributed by atoms with Crippen molar-refractivity contribution in [3.8, 4) is 23.2 Å². The molecule has 0 aliphatic rings. The number of nitrogens with zero attached hydrogens (tertiary/aromatic N) is 3. The monoisotopic (exact) mass is 482 g/mol. The molecule has 2 heterocycles. The zero-order chi connectivity index (χ0) is 24.4. The highest BCUT2D eigenvalue weighted by Gasteiger charge is 2.18. The van der Waals surface area contributed by atoms with Crippen LogP contribution < -0.4 is 5.32 Å². The van der Waals surface area contributed by atoms with Crippen LogP contribution in [0.2, 0.25) is 5.02 Å². The lowest BCUT2D eigenvalue weighted by atomic mass is 10.1. The van der Waals surface area contributed by atoms with E-state index in [2.05, 4.69) is 10.4 Å². The van der Waals surface area contributed by atoms with Gasteiger partial charge in [0, 0.05) is 22.8 Å². The lowest BCUT2D eigenvalue weighted by Crippen LogP contribution is -2.13. The molecule has 1 N–H and O–H groups in total. The normalized spacial score (nSPS) is 11.4. The molecule has 0 unspecified atom stereocenters. The predicted molar refractivity (Wildman–Crippen MR) is 132 cm³/mol. The molecule has 0 spiro atoms. The molecule has 2 aromatic heterocycles. The highest BCUT2D eigenvalue weighted by Crippen LogP contribution is 2.31. The van der Waals surface area contributed by atoms with Gasteiger partial charge in [-0.05, 0) is 48.5 Å². The molecule has 5 rings (SSSR count). The highest BCUT2D eigenvalue weighted by molar-refractivity contribution is 6.31. The Hall–Kier alpha value is -4.67. The van der Waals surface area contributed by atoms with Gasteiger partial charge in [0.1, 0.15) is 28.7 Å². The van der Waals surface area contributed by atoms with E-state index >= 15 is 0 Å². The summed E-state index contributed by atoms with van der Waals surface area (Å²) in [6.07, 6.45) is 3.16. The SMILES string of the molecule is N#CC(=Cc1cn(-c2ccccc2)nc1-c1cc2ccccc2o1)C(=O)Nc1ccc(F)c(Cl)c1. The van der Waals surface area contributed by atoms with Crippen LogP contribution in [0, 0.1) is 17.1 Å². The molecule has 35 heavy (non-hydrogen) atoms. The molecule has 0 aliphatic carbocycles. The summed E-state index contributed by atoms with van der Waals surface area (Å²) in [6, 6.07) is 24.6. The third-order valence-corrected chi connectivity index (χ3v) is 5.55. The second-order valence-electron chi connectivity index (χ2n) is 7.61. The van der Waals surface area contributed by atoms with Gasteiger partial charge >= 0.3 is 0 Å². The smallest absolute Gasteiger partial charge is 0.266 e. The van der Waals surface area contributed by atoms with Gasteiger partial charge in [0.2, 0.25) is 0 Å². The van der Waals surface area contributed by atoms with E-state index in [1.807, 2.05) is 66.7 Å². The molecular formula is C27H16ClFN4O2. The summed E-state index contributed by atoms with van der Waals surface area (Å²) in [6.45, 7) is 0. The third kappa shape index (κ3) is 4.56. The summed E-state index contributed by atoms with van der Waals surface area (Å²) < 4.78 is 21.1. The topological polar surface area (TPSA) is 83.8 Å². The minimum Gasteiger partial charge on any atom is -0.454 e. The number of furan rings is 1. The number of anilines is 1. The number of rotatable bonds is 5. The van der Waals surface area contributed by atoms with Crippen molar-refractivity contribution in [3.05, 3.63) is 107 Å². The maximum absolute atomic E-state index is 13.4. The fourth-order valence-electron chi connectivity index (χ4n) is 3.57. The molecule has 5 aromatic rings. The van der Waals surface area contributed by atoms with Gasteiger partial charge in [0.25, 0.3) is 5.91 Å². The summed E-state index contributed by atoms with van der Waals surface area (Å²) in [7, 11) is 0. The second kappa shape index (κ2) is 9.29. The van der Waals surface area contributed by atoms with Gasteiger partial charge in [-0.25, -0.2) is 9.07 Å². The van der Waals surface area contributed by atoms with E-state index in [1.165, 1.54) is 18.2 Å². The Morgan fingerprint density at radius 1 is 1.09 bits per heavy atom. The van der Waals surface area contributed by atoms with Crippen LogP contribution >= 0.6 is 11.6 Å². The van der Waals surface area contributed by atoms with E-state index < -0.39 is 11.7 Å². The molecule has 0 aliphatic heterocycles. The van der Waals surface area contributed by atoms with Crippen molar-refractivity contribution in [1.29, 1.82) is 5.26 Å². The first-order chi connectivity index (χ1) is 17.0. The first kappa shape index (κ1) is 22.1. The Morgan fingerprint density at radius 2 is 1.86 bits per heavy atom. The standard InChI is InChI=1S/C27H16ClFN4O2/c28-22-14-20(10-11-23(22)29)31-27(34)18(15-30)12-19-16-33(21-7-2-1-3-8-21)32-26(19)25-13-17-6-4-5-9-24(17)35-25/h1-14,16H,(H,31,34). The van der Waals surface area contributed by atoms with E-state index in [-0.39, 0.29) is 16.3 Å². The van der Waals surface area contributed by atoms with Crippen LogP contribution in [0.4, 0.5) is 10.1 Å². The molecule has 0 bridgehead atoms. The van der Waals surface area contributed by atoms with E-state index in [9.17, 15) is 14.4 Å². The molecule has 1 amide bonds. The van der Waals surface area contributed by atoms with Crippen molar-refractivity contribution in [1.82, 2.24) is 9.78 Å². The Balaban J connectivity index is 1.57. The Morgan fingerprint density at radius 3 is 2.60 bits per heavy atom. The van der Waals surface area contributed by atoms with Crippen molar-refractivity contribution in [3.63, 3.8) is 0 Å². The molecule has 0 atom stereocenters. The lowest BCUT2D eigenvalue weighted by Gasteiger charge is -2.05. The Kier molecular flexibility index (Phi) is 5.88. The Labute approximate surface area is 204 Å². The zero-order valence-electron chi connectivity index (χ0n) is 18.1. The Bertz CT molecular complexity index is 1600. The van der Waals surface area contributed by atoms with Crippen LogP contribution in [0.25, 0.3) is 34.2 Å². The number of halogens is 2. The van der Waals surface area contributed by atoms with Crippen molar-refractivity contribution < 1.29 is 13.6 Å². The second-order valence-corrected chi connectivity index (χ2v) is 8.02. The van der Waals surface area contributed by atoms with Crippen molar-refractivity contribution >= 4 is 40.2 Å². The van der Waals surface area contributed by atoms with Gasteiger partial charge in [-0.2, -0.15) is 10.4 Å². The number of para-hydroxylation sites is 2. The van der Waals surface area contributed by atoms with Gasteiger partial charge in [-0.15, -0.1) is 0 Å². The highest BCUT2D eigenvalue weighted by atomic mass is 35.5. The average molecular weight is 483 g/mol. The predicted octanol–water partition coefficient (Wildman–Crippen LogP) is 6.62. The number of carbonyl (C=O) groups is 1. The van der Waals surface area contributed by atoms with Crippen molar-refractivity contribution in [2.75, 3.05) is 5.32 Å². The fourth-order valence-corrected chi connectivity index (χ4v) is 3.75. The van der Waals surface area contributed by atoms with Gasteiger partial charge in [0.15, 0.2) is 5.76 Å². The van der Waals surface area contributed by atoms with Crippen molar-refractivity contribution in [2.24, 2.45) is 0 Å². The number of fused-ring (bicyclic) bond motifs is 1. The maximum Gasteiger partial charge on any atom is 0.266 e. The van der Waals surface area contributed by atoms with Crippen LogP contribution in [0.1, 0.15) is 5.56 Å². The molecule has 0 radical (unpaired) electrons. The summed E-state index contributed by atoms with van der Waals surface area (Å²) >= 11 is 5.80. The summed E-state index contributed by atoms with van der Waals surface area (Å²) in [5.74, 6) is -0.780. The number of hydrogen-bond donors (Lipinski definition) is 1. The van der Waals surface area contributed by atoms with Crippen LogP contribution in [0.3, 0.4) is 0 Å². The molecule has 0 saturated carbocycles. The number of nitriles is 1. The fraction of sp³-hybridized carbons (Fsp3) is 0. The maximum atomic E-state index is 13.4. The van der Waals surface area contributed by atoms with Crippen molar-refractivity contribution in [2.45, 2.75) is 0 Å². The number of hydrogen-bond acceptors (Lipinski definition) is 4. The van der Waals surface area contributed by atoms with Gasteiger partial charge in [-0.3, -0.25) is 4.79 Å². The minimum absolute atomic E-state index is 0.137. The first-order valence-electron chi connectivity index (χ1n) is 10.5. The van der Waals surface area contributed by atoms with E-state index in [1.54, 1.807) is 10.9 Å².